The molecule has 2 nitrogen and oxygen atoms in total. The number of likely N-dealkylation sites (tertiary alicyclic amines) is 1. The summed E-state index contributed by atoms with van der Waals surface area (Å²) in [6, 6.07) is 5.73. The number of hydrogen-bond donors (Lipinski definition) is 1. The average molecular weight is 297 g/mol. The Hall–Kier alpha value is -0.640. The highest BCUT2D eigenvalue weighted by molar-refractivity contribution is 6.31. The fourth-order valence-electron chi connectivity index (χ4n) is 3.51. The smallest absolute Gasteiger partial charge is 0.124 e. The predicted octanol–water partition coefficient (Wildman–Crippen LogP) is 3.74. The van der Waals surface area contributed by atoms with Gasteiger partial charge in [0.15, 0.2) is 0 Å². The van der Waals surface area contributed by atoms with Crippen LogP contribution in [-0.4, -0.2) is 24.0 Å². The molecule has 1 aromatic rings. The van der Waals surface area contributed by atoms with E-state index in [0.717, 1.165) is 18.5 Å². The van der Waals surface area contributed by atoms with Gasteiger partial charge in [-0.2, -0.15) is 0 Å². The summed E-state index contributed by atoms with van der Waals surface area (Å²) < 4.78 is 13.3. The molecule has 2 fully saturated rings. The zero-order chi connectivity index (χ0) is 14.1. The maximum absolute atomic E-state index is 13.3. The van der Waals surface area contributed by atoms with Crippen LogP contribution in [0.3, 0.4) is 0 Å². The van der Waals surface area contributed by atoms with Crippen LogP contribution < -0.4 is 5.73 Å². The van der Waals surface area contributed by atoms with Gasteiger partial charge < -0.3 is 5.73 Å². The van der Waals surface area contributed by atoms with E-state index in [9.17, 15) is 4.39 Å². The minimum Gasteiger partial charge on any atom is -0.330 e. The second kappa shape index (κ2) is 6.00. The van der Waals surface area contributed by atoms with Crippen LogP contribution in [0.25, 0.3) is 0 Å². The molecule has 1 saturated carbocycles. The van der Waals surface area contributed by atoms with Crippen molar-refractivity contribution in [2.45, 2.75) is 44.2 Å². The molecule has 1 aliphatic heterocycles. The van der Waals surface area contributed by atoms with Gasteiger partial charge in [-0.1, -0.05) is 24.1 Å². The Morgan fingerprint density at radius 1 is 1.25 bits per heavy atom. The lowest BCUT2D eigenvalue weighted by molar-refractivity contribution is 0.149. The van der Waals surface area contributed by atoms with Crippen LogP contribution in [0.5, 0.6) is 0 Å². The predicted molar refractivity (Wildman–Crippen MR) is 80.3 cm³/mol. The highest BCUT2D eigenvalue weighted by Gasteiger charge is 2.39. The van der Waals surface area contributed by atoms with Crippen molar-refractivity contribution >= 4 is 11.6 Å². The summed E-state index contributed by atoms with van der Waals surface area (Å²) in [5.41, 5.74) is 7.07. The third kappa shape index (κ3) is 2.85. The van der Waals surface area contributed by atoms with Crippen molar-refractivity contribution in [3.63, 3.8) is 0 Å². The Labute approximate surface area is 125 Å². The van der Waals surface area contributed by atoms with Crippen molar-refractivity contribution in [1.29, 1.82) is 0 Å². The third-order valence-electron chi connectivity index (χ3n) is 4.64. The molecule has 3 rings (SSSR count). The van der Waals surface area contributed by atoms with Gasteiger partial charge in [0.1, 0.15) is 5.82 Å². The number of benzene rings is 1. The zero-order valence-corrected chi connectivity index (χ0v) is 12.5. The standard InChI is InChI=1S/C16H22ClFN2/c17-15-9-12(18)4-7-14(15)16-11(10-19)3-1-2-8-20(16)13-5-6-13/h4,7,9,11,13,16H,1-3,5-6,8,10,19H2. The molecule has 1 aliphatic carbocycles. The SMILES string of the molecule is NCC1CCCCN(C2CC2)C1c1ccc(F)cc1Cl. The normalized spacial score (nSPS) is 28.4. The van der Waals surface area contributed by atoms with E-state index in [1.165, 1.54) is 37.8 Å². The van der Waals surface area contributed by atoms with E-state index in [-0.39, 0.29) is 11.9 Å². The van der Waals surface area contributed by atoms with E-state index in [1.54, 1.807) is 0 Å². The van der Waals surface area contributed by atoms with Crippen molar-refractivity contribution in [1.82, 2.24) is 4.90 Å². The van der Waals surface area contributed by atoms with Gasteiger partial charge in [0.05, 0.1) is 0 Å². The summed E-state index contributed by atoms with van der Waals surface area (Å²) in [7, 11) is 0. The van der Waals surface area contributed by atoms with Gasteiger partial charge in [-0.15, -0.1) is 0 Å². The minimum absolute atomic E-state index is 0.253. The molecule has 0 bridgehead atoms. The molecule has 0 amide bonds. The monoisotopic (exact) mass is 296 g/mol. The molecule has 110 valence electrons. The Bertz CT molecular complexity index is 476. The van der Waals surface area contributed by atoms with Crippen LogP contribution >= 0.6 is 11.6 Å². The molecular weight excluding hydrogens is 275 g/mol. The lowest BCUT2D eigenvalue weighted by Gasteiger charge is -2.35. The summed E-state index contributed by atoms with van der Waals surface area (Å²) in [5.74, 6) is 0.149. The van der Waals surface area contributed by atoms with Crippen molar-refractivity contribution in [3.05, 3.63) is 34.6 Å². The molecule has 2 atom stereocenters. The van der Waals surface area contributed by atoms with Crippen LogP contribution in [-0.2, 0) is 0 Å². The van der Waals surface area contributed by atoms with Crippen molar-refractivity contribution < 1.29 is 4.39 Å². The molecule has 20 heavy (non-hydrogen) atoms. The Morgan fingerprint density at radius 2 is 2.05 bits per heavy atom. The first-order valence-corrected chi connectivity index (χ1v) is 7.99. The van der Waals surface area contributed by atoms with Gasteiger partial charge in [0.25, 0.3) is 0 Å². The Balaban J connectivity index is 1.98. The number of hydrogen-bond acceptors (Lipinski definition) is 2. The maximum Gasteiger partial charge on any atom is 0.124 e. The lowest BCUT2D eigenvalue weighted by Crippen LogP contribution is -2.37. The van der Waals surface area contributed by atoms with E-state index in [4.69, 9.17) is 17.3 Å². The number of halogens is 2. The molecule has 0 aromatic heterocycles. The van der Waals surface area contributed by atoms with Gasteiger partial charge >= 0.3 is 0 Å². The highest BCUT2D eigenvalue weighted by Crippen LogP contribution is 2.43. The number of nitrogens with zero attached hydrogens (tertiary/aromatic N) is 1. The van der Waals surface area contributed by atoms with E-state index in [1.807, 2.05) is 6.07 Å². The fourth-order valence-corrected chi connectivity index (χ4v) is 3.78. The summed E-state index contributed by atoms with van der Waals surface area (Å²) in [4.78, 5) is 2.57. The fraction of sp³-hybridized carbons (Fsp3) is 0.625. The second-order valence-electron chi connectivity index (χ2n) is 6.07. The molecule has 2 unspecified atom stereocenters. The summed E-state index contributed by atoms with van der Waals surface area (Å²) in [6.07, 6.45) is 6.13. The van der Waals surface area contributed by atoms with Crippen LogP contribution in [0.4, 0.5) is 4.39 Å². The molecule has 0 spiro atoms. The third-order valence-corrected chi connectivity index (χ3v) is 4.97. The average Bonchev–Trinajstić information content (AvgIpc) is 3.24. The molecule has 1 saturated heterocycles. The number of rotatable bonds is 3. The van der Waals surface area contributed by atoms with Crippen LogP contribution in [0, 0.1) is 11.7 Å². The Kier molecular flexibility index (Phi) is 4.29. The molecule has 1 aromatic carbocycles. The summed E-state index contributed by atoms with van der Waals surface area (Å²) in [6.45, 7) is 1.78. The van der Waals surface area contributed by atoms with Crippen molar-refractivity contribution in [3.8, 4) is 0 Å². The minimum atomic E-state index is -0.269. The first-order valence-electron chi connectivity index (χ1n) is 7.61. The second-order valence-corrected chi connectivity index (χ2v) is 6.48. The summed E-state index contributed by atoms with van der Waals surface area (Å²) in [5, 5.41) is 0.543. The first-order chi connectivity index (χ1) is 9.70. The molecule has 1 heterocycles. The van der Waals surface area contributed by atoms with Gasteiger partial charge in [0.2, 0.25) is 0 Å². The molecule has 2 N–H and O–H groups in total. The van der Waals surface area contributed by atoms with Crippen molar-refractivity contribution in [2.24, 2.45) is 11.7 Å². The van der Waals surface area contributed by atoms with E-state index >= 15 is 0 Å². The van der Waals surface area contributed by atoms with E-state index in [0.29, 0.717) is 23.5 Å². The quantitative estimate of drug-likeness (QED) is 0.920. The van der Waals surface area contributed by atoms with E-state index < -0.39 is 0 Å². The zero-order valence-electron chi connectivity index (χ0n) is 11.7. The van der Waals surface area contributed by atoms with Crippen molar-refractivity contribution in [2.75, 3.05) is 13.1 Å². The molecule has 2 aliphatic rings. The molecular formula is C16H22ClFN2. The highest BCUT2D eigenvalue weighted by atomic mass is 35.5. The number of nitrogens with two attached hydrogens (primary N) is 1. The van der Waals surface area contributed by atoms with Gasteiger partial charge in [-0.3, -0.25) is 4.90 Å². The summed E-state index contributed by atoms with van der Waals surface area (Å²) >= 11 is 6.32. The Morgan fingerprint density at radius 3 is 2.70 bits per heavy atom. The maximum atomic E-state index is 13.3. The van der Waals surface area contributed by atoms with Crippen LogP contribution in [0.2, 0.25) is 5.02 Å². The molecule has 0 radical (unpaired) electrons. The first kappa shape index (κ1) is 14.3. The van der Waals surface area contributed by atoms with Gasteiger partial charge in [0, 0.05) is 17.1 Å². The van der Waals surface area contributed by atoms with Gasteiger partial charge in [-0.05, 0) is 62.4 Å². The van der Waals surface area contributed by atoms with Crippen LogP contribution in [0.15, 0.2) is 18.2 Å². The largest absolute Gasteiger partial charge is 0.330 e. The topological polar surface area (TPSA) is 29.3 Å². The lowest BCUT2D eigenvalue weighted by atomic mass is 9.89. The van der Waals surface area contributed by atoms with Gasteiger partial charge in [-0.25, -0.2) is 4.39 Å². The van der Waals surface area contributed by atoms with Crippen LogP contribution in [0.1, 0.15) is 43.7 Å². The molecule has 4 heteroatoms. The van der Waals surface area contributed by atoms with E-state index in [2.05, 4.69) is 4.90 Å².